The van der Waals surface area contributed by atoms with Crippen LogP contribution in [0, 0.1) is 11.6 Å². The number of allylic oxidation sites excluding steroid dienone is 2. The molecule has 2 aliphatic heterocycles. The molecule has 1 fully saturated rings. The smallest absolute Gasteiger partial charge is 0.353 e. The van der Waals surface area contributed by atoms with E-state index < -0.39 is 23.3 Å². The highest BCUT2D eigenvalue weighted by Crippen LogP contribution is 2.28. The van der Waals surface area contributed by atoms with Crippen LogP contribution in [0.3, 0.4) is 0 Å². The molecule has 5 nitrogen and oxygen atoms in total. The number of hydrogen-bond acceptors (Lipinski definition) is 5. The van der Waals surface area contributed by atoms with Crippen molar-refractivity contribution < 1.29 is 18.3 Å². The summed E-state index contributed by atoms with van der Waals surface area (Å²) >= 11 is 0. The number of carbonyl (C=O) groups is 1. The van der Waals surface area contributed by atoms with Gasteiger partial charge in [0, 0.05) is 25.2 Å². The van der Waals surface area contributed by atoms with E-state index >= 15 is 0 Å². The molecule has 1 aromatic rings. The van der Waals surface area contributed by atoms with Crippen LogP contribution in [0.4, 0.5) is 8.78 Å². The van der Waals surface area contributed by atoms with Crippen LogP contribution < -0.4 is 10.6 Å². The van der Waals surface area contributed by atoms with Gasteiger partial charge in [0.05, 0.1) is 12.3 Å². The second-order valence-corrected chi connectivity index (χ2v) is 5.61. The summed E-state index contributed by atoms with van der Waals surface area (Å²) < 4.78 is 32.6. The van der Waals surface area contributed by atoms with E-state index in [0.717, 1.165) is 12.1 Å². The predicted molar refractivity (Wildman–Crippen MR) is 84.5 cm³/mol. The van der Waals surface area contributed by atoms with Gasteiger partial charge in [0.15, 0.2) is 0 Å². The minimum Gasteiger partial charge on any atom is -0.463 e. The Morgan fingerprint density at radius 3 is 3.04 bits per heavy atom. The molecule has 0 aromatic heterocycles. The summed E-state index contributed by atoms with van der Waals surface area (Å²) in [7, 11) is 0. The number of fused-ring (bicyclic) bond motifs is 1. The number of nitrogens with zero attached hydrogens (tertiary/aromatic N) is 1. The van der Waals surface area contributed by atoms with Gasteiger partial charge in [0.2, 0.25) is 5.66 Å². The van der Waals surface area contributed by atoms with Crippen LogP contribution in [0.1, 0.15) is 12.5 Å². The highest BCUT2D eigenvalue weighted by molar-refractivity contribution is 5.85. The molecule has 7 heteroatoms. The fraction of sp³-hybridized carbons (Fsp3) is 0.353. The van der Waals surface area contributed by atoms with E-state index in [-0.39, 0.29) is 18.7 Å². The standard InChI is InChI=1S/C17H19F2N3O2/c1-2-24-16(23)17-15(4-3-7-20-17)22(9-8-21-17)11-12-10-13(18)5-6-14(12)19/h3-7,10,20-21H,2,8-9,11H2,1H3. The lowest BCUT2D eigenvalue weighted by Gasteiger charge is -2.46. The van der Waals surface area contributed by atoms with Crippen molar-refractivity contribution in [3.63, 3.8) is 0 Å². The Hall–Kier alpha value is -2.41. The molecule has 1 unspecified atom stereocenters. The summed E-state index contributed by atoms with van der Waals surface area (Å²) in [6.07, 6.45) is 5.19. The zero-order chi connectivity index (χ0) is 17.2. The van der Waals surface area contributed by atoms with Crippen molar-refractivity contribution in [2.45, 2.75) is 19.1 Å². The number of benzene rings is 1. The molecule has 0 spiro atoms. The molecule has 3 rings (SSSR count). The Labute approximate surface area is 139 Å². The van der Waals surface area contributed by atoms with Gasteiger partial charge < -0.3 is 15.0 Å². The zero-order valence-electron chi connectivity index (χ0n) is 13.3. The van der Waals surface area contributed by atoms with E-state index in [4.69, 9.17) is 4.74 Å². The normalized spacial score (nSPS) is 22.5. The number of rotatable bonds is 4. The van der Waals surface area contributed by atoms with E-state index in [2.05, 4.69) is 10.6 Å². The highest BCUT2D eigenvalue weighted by atomic mass is 19.1. The summed E-state index contributed by atoms with van der Waals surface area (Å²) in [6.45, 7) is 3.19. The quantitative estimate of drug-likeness (QED) is 0.819. The lowest BCUT2D eigenvalue weighted by molar-refractivity contribution is -0.152. The number of carbonyl (C=O) groups excluding carboxylic acids is 1. The van der Waals surface area contributed by atoms with Gasteiger partial charge in [-0.3, -0.25) is 5.32 Å². The lowest BCUT2D eigenvalue weighted by atomic mass is 9.98. The summed E-state index contributed by atoms with van der Waals surface area (Å²) in [5.41, 5.74) is -0.337. The van der Waals surface area contributed by atoms with Crippen LogP contribution in [0.2, 0.25) is 0 Å². The Morgan fingerprint density at radius 2 is 2.25 bits per heavy atom. The maximum Gasteiger partial charge on any atom is 0.353 e. The molecule has 1 aromatic carbocycles. The molecule has 1 saturated heterocycles. The van der Waals surface area contributed by atoms with Gasteiger partial charge in [0.1, 0.15) is 11.6 Å². The third kappa shape index (κ3) is 2.87. The van der Waals surface area contributed by atoms with Crippen LogP contribution in [-0.2, 0) is 16.1 Å². The SMILES string of the molecule is CCOC(=O)C12NC=CC=C1N(Cc1cc(F)ccc1F)CCN2. The predicted octanol–water partition coefficient (Wildman–Crippen LogP) is 1.63. The van der Waals surface area contributed by atoms with Crippen molar-refractivity contribution in [3.8, 4) is 0 Å². The third-order valence-electron chi connectivity index (χ3n) is 4.10. The molecule has 2 heterocycles. The number of dihydropyridines is 1. The number of hydrogen-bond donors (Lipinski definition) is 2. The molecule has 128 valence electrons. The first-order valence-electron chi connectivity index (χ1n) is 7.83. The average molecular weight is 335 g/mol. The van der Waals surface area contributed by atoms with E-state index in [1.54, 1.807) is 25.3 Å². The first kappa shape index (κ1) is 16.4. The monoisotopic (exact) mass is 335 g/mol. The van der Waals surface area contributed by atoms with Gasteiger partial charge in [-0.2, -0.15) is 0 Å². The Balaban J connectivity index is 1.91. The minimum absolute atomic E-state index is 0.160. The molecule has 2 N–H and O–H groups in total. The second-order valence-electron chi connectivity index (χ2n) is 5.61. The maximum atomic E-state index is 14.0. The fourth-order valence-electron chi connectivity index (χ4n) is 3.00. The molecule has 0 saturated carbocycles. The number of piperazine rings is 1. The minimum atomic E-state index is -1.20. The van der Waals surface area contributed by atoms with Crippen molar-refractivity contribution in [1.82, 2.24) is 15.5 Å². The zero-order valence-corrected chi connectivity index (χ0v) is 13.3. The van der Waals surface area contributed by atoms with Crippen molar-refractivity contribution in [2.24, 2.45) is 0 Å². The molecule has 0 radical (unpaired) electrons. The van der Waals surface area contributed by atoms with E-state index in [9.17, 15) is 13.6 Å². The summed E-state index contributed by atoms with van der Waals surface area (Å²) in [5.74, 6) is -1.42. The summed E-state index contributed by atoms with van der Waals surface area (Å²) in [6, 6.07) is 3.37. The van der Waals surface area contributed by atoms with Crippen LogP contribution in [0.5, 0.6) is 0 Å². The summed E-state index contributed by atoms with van der Waals surface area (Å²) in [5, 5.41) is 6.16. The van der Waals surface area contributed by atoms with Crippen LogP contribution in [-0.4, -0.2) is 36.2 Å². The van der Waals surface area contributed by atoms with Crippen LogP contribution in [0.25, 0.3) is 0 Å². The first-order chi connectivity index (χ1) is 11.6. The third-order valence-corrected chi connectivity index (χ3v) is 4.10. The molecule has 0 amide bonds. The largest absolute Gasteiger partial charge is 0.463 e. The molecular weight excluding hydrogens is 316 g/mol. The maximum absolute atomic E-state index is 14.0. The second kappa shape index (κ2) is 6.60. The van der Waals surface area contributed by atoms with Crippen LogP contribution >= 0.6 is 0 Å². The average Bonchev–Trinajstić information content (AvgIpc) is 2.58. The number of ether oxygens (including phenoxy) is 1. The fourth-order valence-corrected chi connectivity index (χ4v) is 3.00. The van der Waals surface area contributed by atoms with Crippen molar-refractivity contribution in [3.05, 3.63) is 59.4 Å². The van der Waals surface area contributed by atoms with Gasteiger partial charge in [-0.05, 0) is 43.5 Å². The lowest BCUT2D eigenvalue weighted by Crippen LogP contribution is -2.70. The summed E-state index contributed by atoms with van der Waals surface area (Å²) in [4.78, 5) is 14.3. The van der Waals surface area contributed by atoms with Gasteiger partial charge >= 0.3 is 5.97 Å². The molecule has 24 heavy (non-hydrogen) atoms. The van der Waals surface area contributed by atoms with Crippen molar-refractivity contribution in [2.75, 3.05) is 19.7 Å². The number of nitrogens with one attached hydrogen (secondary N) is 2. The Bertz CT molecular complexity index is 705. The number of halogens is 2. The Morgan fingerprint density at radius 1 is 1.42 bits per heavy atom. The molecule has 2 aliphatic rings. The molecule has 1 atom stereocenters. The molecule has 0 bridgehead atoms. The molecule has 0 aliphatic carbocycles. The van der Waals surface area contributed by atoms with E-state index in [0.29, 0.717) is 18.8 Å². The van der Waals surface area contributed by atoms with Gasteiger partial charge in [-0.25, -0.2) is 13.6 Å². The van der Waals surface area contributed by atoms with E-state index in [1.165, 1.54) is 6.07 Å². The van der Waals surface area contributed by atoms with Crippen LogP contribution in [0.15, 0.2) is 42.2 Å². The molecular formula is C17H19F2N3O2. The topological polar surface area (TPSA) is 53.6 Å². The van der Waals surface area contributed by atoms with Gasteiger partial charge in [0.25, 0.3) is 0 Å². The number of esters is 1. The Kier molecular flexibility index (Phi) is 4.53. The van der Waals surface area contributed by atoms with Gasteiger partial charge in [-0.15, -0.1) is 0 Å². The van der Waals surface area contributed by atoms with Gasteiger partial charge in [-0.1, -0.05) is 0 Å². The highest BCUT2D eigenvalue weighted by Gasteiger charge is 2.48. The van der Waals surface area contributed by atoms with Crippen molar-refractivity contribution in [1.29, 1.82) is 0 Å². The van der Waals surface area contributed by atoms with Crippen molar-refractivity contribution >= 4 is 5.97 Å². The first-order valence-corrected chi connectivity index (χ1v) is 7.83. The van der Waals surface area contributed by atoms with E-state index in [1.807, 2.05) is 4.90 Å².